The molecule has 2 rings (SSSR count). The summed E-state index contributed by atoms with van der Waals surface area (Å²) in [6.45, 7) is 8.21. The first kappa shape index (κ1) is 16.3. The minimum Gasteiger partial charge on any atom is -0.333 e. The number of aryl methyl sites for hydroxylation is 2. The molecule has 0 bridgehead atoms. The Kier molecular flexibility index (Phi) is 5.75. The molecule has 0 N–H and O–H groups in total. The molecule has 1 heterocycles. The maximum atomic E-state index is 12.9. The number of hydrogen-bond donors (Lipinski definition) is 0. The molecular weight excluding hydrogens is 274 g/mol. The number of amides is 1. The summed E-state index contributed by atoms with van der Waals surface area (Å²) >= 11 is 0. The summed E-state index contributed by atoms with van der Waals surface area (Å²) in [4.78, 5) is 14.8. The van der Waals surface area contributed by atoms with Gasteiger partial charge in [0.2, 0.25) is 0 Å². The van der Waals surface area contributed by atoms with Crippen LogP contribution in [0.5, 0.6) is 0 Å². The van der Waals surface area contributed by atoms with Gasteiger partial charge in [-0.1, -0.05) is 43.7 Å². The smallest absolute Gasteiger partial charge is 0.272 e. The summed E-state index contributed by atoms with van der Waals surface area (Å²) in [6, 6.07) is 12.0. The number of rotatable bonds is 7. The first-order valence-corrected chi connectivity index (χ1v) is 8.03. The van der Waals surface area contributed by atoms with Crippen molar-refractivity contribution < 1.29 is 4.79 Å². The third kappa shape index (κ3) is 3.97. The molecule has 2 aromatic rings. The number of unbranched alkanes of at least 4 members (excludes halogenated alkanes) is 1. The van der Waals surface area contributed by atoms with Crippen LogP contribution in [0.25, 0.3) is 0 Å². The van der Waals surface area contributed by atoms with Crippen molar-refractivity contribution in [3.8, 4) is 0 Å². The normalized spacial score (nSPS) is 10.7. The quantitative estimate of drug-likeness (QED) is 0.782. The minimum absolute atomic E-state index is 0.0692. The van der Waals surface area contributed by atoms with Crippen LogP contribution in [0.2, 0.25) is 0 Å². The molecule has 118 valence electrons. The first-order chi connectivity index (χ1) is 10.7. The molecule has 0 aliphatic carbocycles. The van der Waals surface area contributed by atoms with Gasteiger partial charge in [-0.3, -0.25) is 9.48 Å². The molecule has 4 heteroatoms. The van der Waals surface area contributed by atoms with Crippen molar-refractivity contribution in [2.24, 2.45) is 0 Å². The summed E-state index contributed by atoms with van der Waals surface area (Å²) in [5.41, 5.74) is 2.73. The Morgan fingerprint density at radius 2 is 1.95 bits per heavy atom. The molecule has 4 nitrogen and oxygen atoms in total. The van der Waals surface area contributed by atoms with E-state index < -0.39 is 0 Å². The molecule has 1 aromatic heterocycles. The van der Waals surface area contributed by atoms with E-state index in [1.807, 2.05) is 43.0 Å². The highest BCUT2D eigenvalue weighted by molar-refractivity contribution is 5.92. The molecule has 0 atom stereocenters. The molecule has 1 amide bonds. The number of nitrogens with zero attached hydrogens (tertiary/aromatic N) is 3. The van der Waals surface area contributed by atoms with E-state index in [9.17, 15) is 4.79 Å². The van der Waals surface area contributed by atoms with Gasteiger partial charge in [0.15, 0.2) is 0 Å². The monoisotopic (exact) mass is 299 g/mol. The van der Waals surface area contributed by atoms with Crippen molar-refractivity contribution in [3.05, 3.63) is 53.3 Å². The van der Waals surface area contributed by atoms with Crippen LogP contribution >= 0.6 is 0 Å². The highest BCUT2D eigenvalue weighted by Crippen LogP contribution is 2.13. The Balaban J connectivity index is 2.22. The minimum atomic E-state index is 0.0692. The molecular formula is C18H25N3O. The maximum absolute atomic E-state index is 12.9. The molecule has 22 heavy (non-hydrogen) atoms. The zero-order valence-corrected chi connectivity index (χ0v) is 13.7. The van der Waals surface area contributed by atoms with E-state index in [-0.39, 0.29) is 5.91 Å². The van der Waals surface area contributed by atoms with Gasteiger partial charge in [-0.2, -0.15) is 5.10 Å². The van der Waals surface area contributed by atoms with Crippen LogP contribution in [0.4, 0.5) is 0 Å². The van der Waals surface area contributed by atoms with Crippen molar-refractivity contribution in [2.45, 2.75) is 46.7 Å². The lowest BCUT2D eigenvalue weighted by molar-refractivity contribution is 0.0728. The number of aromatic nitrogens is 2. The molecule has 0 saturated carbocycles. The fourth-order valence-corrected chi connectivity index (χ4v) is 2.53. The number of benzene rings is 1. The van der Waals surface area contributed by atoms with Gasteiger partial charge in [0.25, 0.3) is 5.91 Å². The second-order valence-electron chi connectivity index (χ2n) is 5.55. The Bertz CT molecular complexity index is 604. The molecule has 1 aromatic carbocycles. The van der Waals surface area contributed by atoms with Crippen LogP contribution in [0.3, 0.4) is 0 Å². The van der Waals surface area contributed by atoms with Crippen LogP contribution in [0.1, 0.15) is 48.4 Å². The molecule has 0 radical (unpaired) electrons. The summed E-state index contributed by atoms with van der Waals surface area (Å²) < 4.78 is 1.79. The van der Waals surface area contributed by atoms with Crippen molar-refractivity contribution >= 4 is 5.91 Å². The van der Waals surface area contributed by atoms with E-state index in [4.69, 9.17) is 0 Å². The van der Waals surface area contributed by atoms with Crippen molar-refractivity contribution in [1.82, 2.24) is 14.7 Å². The molecule has 0 fully saturated rings. The average Bonchev–Trinajstić information content (AvgIpc) is 2.92. The Morgan fingerprint density at radius 1 is 1.23 bits per heavy atom. The largest absolute Gasteiger partial charge is 0.333 e. The van der Waals surface area contributed by atoms with Crippen LogP contribution in [0.15, 0.2) is 36.4 Å². The Labute approximate surface area is 132 Å². The summed E-state index contributed by atoms with van der Waals surface area (Å²) in [7, 11) is 0. The topological polar surface area (TPSA) is 38.1 Å². The highest BCUT2D eigenvalue weighted by atomic mass is 16.2. The fraction of sp³-hybridized carbons (Fsp3) is 0.444. The van der Waals surface area contributed by atoms with E-state index in [2.05, 4.69) is 24.2 Å². The lowest BCUT2D eigenvalue weighted by Gasteiger charge is -2.23. The third-order valence-corrected chi connectivity index (χ3v) is 3.71. The van der Waals surface area contributed by atoms with Crippen LogP contribution in [0, 0.1) is 6.92 Å². The van der Waals surface area contributed by atoms with Gasteiger partial charge in [0.1, 0.15) is 5.69 Å². The van der Waals surface area contributed by atoms with Crippen LogP contribution in [-0.4, -0.2) is 27.1 Å². The predicted molar refractivity (Wildman–Crippen MR) is 88.7 cm³/mol. The fourth-order valence-electron chi connectivity index (χ4n) is 2.53. The van der Waals surface area contributed by atoms with E-state index in [0.29, 0.717) is 18.8 Å². The standard InChI is InChI=1S/C18H25N3O/c1-4-6-12-20(14-16-10-8-7-9-11-16)18(22)17-13-15(3)19-21(17)5-2/h7-11,13H,4-6,12,14H2,1-3H3. The van der Waals surface area contributed by atoms with Gasteiger partial charge in [-0.25, -0.2) is 0 Å². The molecule has 0 aliphatic heterocycles. The van der Waals surface area contributed by atoms with Gasteiger partial charge < -0.3 is 4.90 Å². The number of hydrogen-bond acceptors (Lipinski definition) is 2. The lowest BCUT2D eigenvalue weighted by atomic mass is 10.2. The number of carbonyl (C=O) groups excluding carboxylic acids is 1. The van der Waals surface area contributed by atoms with E-state index in [1.54, 1.807) is 4.68 Å². The maximum Gasteiger partial charge on any atom is 0.272 e. The van der Waals surface area contributed by atoms with Crippen LogP contribution in [-0.2, 0) is 13.1 Å². The van der Waals surface area contributed by atoms with Gasteiger partial charge in [0, 0.05) is 19.6 Å². The summed E-state index contributed by atoms with van der Waals surface area (Å²) in [5, 5.41) is 4.39. The van der Waals surface area contributed by atoms with E-state index in [0.717, 1.165) is 30.6 Å². The van der Waals surface area contributed by atoms with Gasteiger partial charge in [0.05, 0.1) is 5.69 Å². The van der Waals surface area contributed by atoms with Gasteiger partial charge in [-0.05, 0) is 31.9 Å². The Morgan fingerprint density at radius 3 is 2.59 bits per heavy atom. The third-order valence-electron chi connectivity index (χ3n) is 3.71. The second kappa shape index (κ2) is 7.78. The highest BCUT2D eigenvalue weighted by Gasteiger charge is 2.20. The summed E-state index contributed by atoms with van der Waals surface area (Å²) in [6.07, 6.45) is 2.09. The first-order valence-electron chi connectivity index (χ1n) is 8.03. The molecule has 0 aliphatic rings. The van der Waals surface area contributed by atoms with Crippen molar-refractivity contribution in [3.63, 3.8) is 0 Å². The van der Waals surface area contributed by atoms with Crippen LogP contribution < -0.4 is 0 Å². The SMILES string of the molecule is CCCCN(Cc1ccccc1)C(=O)c1cc(C)nn1CC. The van der Waals surface area contributed by atoms with Gasteiger partial charge >= 0.3 is 0 Å². The average molecular weight is 299 g/mol. The molecule has 0 saturated heterocycles. The van der Waals surface area contributed by atoms with Crippen molar-refractivity contribution in [1.29, 1.82) is 0 Å². The predicted octanol–water partition coefficient (Wildman–Crippen LogP) is 3.65. The second-order valence-corrected chi connectivity index (χ2v) is 5.55. The van der Waals surface area contributed by atoms with E-state index >= 15 is 0 Å². The Hall–Kier alpha value is -2.10. The van der Waals surface area contributed by atoms with Gasteiger partial charge in [-0.15, -0.1) is 0 Å². The number of carbonyl (C=O) groups is 1. The van der Waals surface area contributed by atoms with Crippen molar-refractivity contribution in [2.75, 3.05) is 6.54 Å². The lowest BCUT2D eigenvalue weighted by Crippen LogP contribution is -2.33. The molecule has 0 unspecified atom stereocenters. The zero-order valence-electron chi connectivity index (χ0n) is 13.7. The van der Waals surface area contributed by atoms with E-state index in [1.165, 1.54) is 0 Å². The molecule has 0 spiro atoms. The zero-order chi connectivity index (χ0) is 15.9. The summed E-state index contributed by atoms with van der Waals surface area (Å²) in [5.74, 6) is 0.0692.